The largest absolute Gasteiger partial charge is 0.394 e. The maximum Gasteiger partial charge on any atom is 0.264 e. The molecule has 14 heteroatoms. The van der Waals surface area contributed by atoms with Gasteiger partial charge in [0.05, 0.1) is 26.4 Å². The molecule has 4 N–H and O–H groups in total. The van der Waals surface area contributed by atoms with Crippen LogP contribution in [-0.2, 0) is 41.3 Å². The number of aliphatic hydroxyl groups is 4. The van der Waals surface area contributed by atoms with E-state index < -0.39 is 81.3 Å². The van der Waals surface area contributed by atoms with Crippen molar-refractivity contribution >= 4 is 18.7 Å². The standard InChI is InChI=1S/C42H51N3O10Si/c1-42(2,3)56(30-20-12-6-13-21-30,31-22-14-7-15-23-31)55-40-34(44-45-43)39(51-26-29-18-10-5-11-19-29)38(33(53-40)27-50-25-28-16-8-4-9-17-28)54-41-37(49)36(48)35(47)32(24-46)52-41/h4-23,32-41,46-49H,24-27H2,1-3H3/t32-,33-,34-,35+,36+,37-,38-,39-,40+,41+/m1/s1. The van der Waals surface area contributed by atoms with E-state index in [1.807, 2.05) is 121 Å². The van der Waals surface area contributed by atoms with Crippen LogP contribution >= 0.6 is 0 Å². The van der Waals surface area contributed by atoms with Crippen LogP contribution in [-0.4, -0.2) is 103 Å². The molecule has 6 rings (SSSR count). The molecule has 2 heterocycles. The van der Waals surface area contributed by atoms with Gasteiger partial charge in [-0.1, -0.05) is 147 Å². The van der Waals surface area contributed by atoms with Crippen molar-refractivity contribution in [2.75, 3.05) is 13.2 Å². The predicted octanol–water partition coefficient (Wildman–Crippen LogP) is 3.95. The Bertz CT molecular complexity index is 1790. The second-order valence-corrected chi connectivity index (χ2v) is 19.3. The van der Waals surface area contributed by atoms with E-state index in [0.29, 0.717) is 0 Å². The van der Waals surface area contributed by atoms with Gasteiger partial charge in [-0.15, -0.1) is 0 Å². The van der Waals surface area contributed by atoms with Crippen molar-refractivity contribution in [3.05, 3.63) is 143 Å². The van der Waals surface area contributed by atoms with Crippen molar-refractivity contribution in [1.82, 2.24) is 0 Å². The summed E-state index contributed by atoms with van der Waals surface area (Å²) in [5.41, 5.74) is 11.9. The summed E-state index contributed by atoms with van der Waals surface area (Å²) in [6.45, 7) is 5.95. The highest BCUT2D eigenvalue weighted by Gasteiger charge is 2.57. The zero-order valence-corrected chi connectivity index (χ0v) is 32.7. The molecule has 0 bridgehead atoms. The zero-order valence-electron chi connectivity index (χ0n) is 31.7. The molecule has 2 saturated heterocycles. The van der Waals surface area contributed by atoms with E-state index >= 15 is 0 Å². The van der Waals surface area contributed by atoms with E-state index in [0.717, 1.165) is 21.5 Å². The minimum Gasteiger partial charge on any atom is -0.394 e. The molecule has 2 aliphatic heterocycles. The lowest BCUT2D eigenvalue weighted by Crippen LogP contribution is -2.71. The first-order valence-corrected chi connectivity index (χ1v) is 20.7. The van der Waals surface area contributed by atoms with Gasteiger partial charge >= 0.3 is 0 Å². The van der Waals surface area contributed by atoms with Gasteiger partial charge in [-0.25, -0.2) is 0 Å². The van der Waals surface area contributed by atoms with Crippen LogP contribution in [0, 0.1) is 0 Å². The molecule has 0 saturated carbocycles. The van der Waals surface area contributed by atoms with Crippen molar-refractivity contribution < 1.29 is 48.5 Å². The van der Waals surface area contributed by atoms with Crippen LogP contribution in [0.15, 0.2) is 126 Å². The van der Waals surface area contributed by atoms with Gasteiger partial charge in [-0.2, -0.15) is 0 Å². The minimum absolute atomic E-state index is 0.0637. The molecule has 4 aromatic carbocycles. The summed E-state index contributed by atoms with van der Waals surface area (Å²) >= 11 is 0. The summed E-state index contributed by atoms with van der Waals surface area (Å²) in [6.07, 6.45) is -12.3. The fourth-order valence-corrected chi connectivity index (χ4v) is 12.1. The highest BCUT2D eigenvalue weighted by atomic mass is 28.4. The van der Waals surface area contributed by atoms with Gasteiger partial charge in [0, 0.05) is 4.91 Å². The number of hydrogen-bond acceptors (Lipinski definition) is 11. The summed E-state index contributed by atoms with van der Waals surface area (Å²) in [4.78, 5) is 3.25. The zero-order chi connectivity index (χ0) is 39.7. The average Bonchev–Trinajstić information content (AvgIpc) is 3.21. The normalized spacial score (nSPS) is 28.3. The highest BCUT2D eigenvalue weighted by molar-refractivity contribution is 6.99. The third-order valence-corrected chi connectivity index (χ3v) is 15.3. The third kappa shape index (κ3) is 9.24. The molecule has 0 spiro atoms. The van der Waals surface area contributed by atoms with Crippen LogP contribution in [0.3, 0.4) is 0 Å². The number of aliphatic hydroxyl groups excluding tert-OH is 4. The number of azide groups is 1. The lowest BCUT2D eigenvalue weighted by atomic mass is 9.95. The summed E-state index contributed by atoms with van der Waals surface area (Å²) in [6, 6.07) is 37.8. The lowest BCUT2D eigenvalue weighted by molar-refractivity contribution is -0.347. The van der Waals surface area contributed by atoms with Crippen molar-refractivity contribution in [1.29, 1.82) is 0 Å². The number of hydrogen-bond donors (Lipinski definition) is 4. The second kappa shape index (κ2) is 19.0. The number of nitrogens with zero attached hydrogens (tertiary/aromatic N) is 3. The average molecular weight is 786 g/mol. The van der Waals surface area contributed by atoms with E-state index in [4.69, 9.17) is 28.1 Å². The van der Waals surface area contributed by atoms with Gasteiger partial charge in [0.2, 0.25) is 0 Å². The van der Waals surface area contributed by atoms with Gasteiger partial charge in [0.25, 0.3) is 8.32 Å². The molecule has 56 heavy (non-hydrogen) atoms. The molecule has 0 amide bonds. The molecule has 4 aromatic rings. The first-order chi connectivity index (χ1) is 27.1. The smallest absolute Gasteiger partial charge is 0.264 e. The Labute approximate surface area is 328 Å². The highest BCUT2D eigenvalue weighted by Crippen LogP contribution is 2.41. The SMILES string of the molecule is CC(C)(C)[Si](O[C@@H]1O[C@H](COCc2ccccc2)[C@@H](O[C@@H]2O[C@H](CO)[C@H](O)[C@H](O)[C@H]2O)[C@H](OCc2ccccc2)[C@H]1N=[N+]=[N-])(c1ccccc1)c1ccccc1. The van der Waals surface area contributed by atoms with Gasteiger partial charge in [0.15, 0.2) is 12.6 Å². The molecule has 2 aliphatic rings. The van der Waals surface area contributed by atoms with Gasteiger partial charge in [-0.3, -0.25) is 0 Å². The van der Waals surface area contributed by atoms with Crippen LogP contribution in [0.5, 0.6) is 0 Å². The topological polar surface area (TPSA) is 185 Å². The minimum atomic E-state index is -3.34. The molecule has 13 nitrogen and oxygen atoms in total. The van der Waals surface area contributed by atoms with Crippen molar-refractivity contribution in [2.24, 2.45) is 5.11 Å². The Morgan fingerprint density at radius 2 is 1.20 bits per heavy atom. The molecule has 0 radical (unpaired) electrons. The maximum atomic E-state index is 11.1. The molecular weight excluding hydrogens is 735 g/mol. The van der Waals surface area contributed by atoms with Crippen LogP contribution in [0.2, 0.25) is 5.04 Å². The third-order valence-electron chi connectivity index (χ3n) is 10.3. The van der Waals surface area contributed by atoms with Crippen molar-refractivity contribution in [2.45, 2.75) is 100 Å². The molecule has 298 valence electrons. The lowest BCUT2D eigenvalue weighted by Gasteiger charge is -2.51. The van der Waals surface area contributed by atoms with Crippen LogP contribution in [0.1, 0.15) is 31.9 Å². The number of ether oxygens (including phenoxy) is 5. The molecule has 0 aromatic heterocycles. The summed E-state index contributed by atoms with van der Waals surface area (Å²) in [7, 11) is -3.34. The second-order valence-electron chi connectivity index (χ2n) is 15.1. The molecular formula is C42H51N3O10Si. The maximum absolute atomic E-state index is 11.1. The molecule has 0 aliphatic carbocycles. The first-order valence-electron chi connectivity index (χ1n) is 18.8. The quantitative estimate of drug-likeness (QED) is 0.0596. The van der Waals surface area contributed by atoms with E-state index in [-0.39, 0.29) is 19.8 Å². The number of rotatable bonds is 15. The molecule has 2 fully saturated rings. The van der Waals surface area contributed by atoms with Gasteiger partial charge < -0.3 is 48.5 Å². The summed E-state index contributed by atoms with van der Waals surface area (Å²) in [5.74, 6) is 0. The van der Waals surface area contributed by atoms with E-state index in [1.54, 1.807) is 0 Å². The predicted molar refractivity (Wildman–Crippen MR) is 210 cm³/mol. The Morgan fingerprint density at radius 3 is 1.71 bits per heavy atom. The molecule has 10 atom stereocenters. The van der Waals surface area contributed by atoms with E-state index in [9.17, 15) is 26.0 Å². The number of benzene rings is 4. The van der Waals surface area contributed by atoms with Crippen LogP contribution in [0.25, 0.3) is 10.4 Å². The Kier molecular flexibility index (Phi) is 14.1. The van der Waals surface area contributed by atoms with Crippen LogP contribution in [0.4, 0.5) is 0 Å². The first kappa shape index (κ1) is 41.6. The van der Waals surface area contributed by atoms with Gasteiger partial charge in [0.1, 0.15) is 48.8 Å². The summed E-state index contributed by atoms with van der Waals surface area (Å²) in [5, 5.41) is 48.1. The van der Waals surface area contributed by atoms with E-state index in [1.165, 1.54) is 0 Å². The Morgan fingerprint density at radius 1 is 0.679 bits per heavy atom. The van der Waals surface area contributed by atoms with Crippen molar-refractivity contribution in [3.63, 3.8) is 0 Å². The van der Waals surface area contributed by atoms with Gasteiger partial charge in [-0.05, 0) is 32.1 Å². The molecule has 0 unspecified atom stereocenters. The fraction of sp³-hybridized carbons (Fsp3) is 0.429. The fourth-order valence-electron chi connectivity index (χ4n) is 7.49. The Balaban J connectivity index is 1.45. The van der Waals surface area contributed by atoms with Crippen LogP contribution < -0.4 is 10.4 Å². The monoisotopic (exact) mass is 785 g/mol. The van der Waals surface area contributed by atoms with Crippen molar-refractivity contribution in [3.8, 4) is 0 Å². The van der Waals surface area contributed by atoms with E-state index in [2.05, 4.69) is 30.8 Å². The Hall–Kier alpha value is -3.99. The summed E-state index contributed by atoms with van der Waals surface area (Å²) < 4.78 is 39.6.